The molecule has 0 aliphatic heterocycles. The highest BCUT2D eigenvalue weighted by Gasteiger charge is 2.29. The molecule has 0 unspecified atom stereocenters. The van der Waals surface area contributed by atoms with Gasteiger partial charge in [-0.15, -0.1) is 0 Å². The second-order valence-electron chi connectivity index (χ2n) is 9.88. The van der Waals surface area contributed by atoms with E-state index in [1.165, 1.54) is 13.2 Å². The van der Waals surface area contributed by atoms with E-state index in [0.29, 0.717) is 25.7 Å². The number of ether oxygens (including phenoxy) is 4. The minimum atomic E-state index is -0.636. The Bertz CT molecular complexity index is 1470. The van der Waals surface area contributed by atoms with Crippen molar-refractivity contribution < 1.29 is 32.9 Å². The average molecular weight is 543 g/mol. The van der Waals surface area contributed by atoms with E-state index in [0.717, 1.165) is 28.0 Å². The molecule has 1 aliphatic carbocycles. The third-order valence-corrected chi connectivity index (χ3v) is 7.24. The summed E-state index contributed by atoms with van der Waals surface area (Å²) in [5.74, 6) is -1.71. The van der Waals surface area contributed by atoms with Crippen LogP contribution in [0.5, 0.6) is 11.5 Å². The normalized spacial score (nSPS) is 16.8. The second kappa shape index (κ2) is 12.6. The summed E-state index contributed by atoms with van der Waals surface area (Å²) < 4.78 is 37.1. The molecule has 0 atom stereocenters. The van der Waals surface area contributed by atoms with E-state index in [2.05, 4.69) is 0 Å². The number of halogens is 1. The predicted octanol–water partition coefficient (Wildman–Crippen LogP) is 7.03. The average Bonchev–Trinajstić information content (AvgIpc) is 3.00. The Morgan fingerprint density at radius 2 is 1.52 bits per heavy atom. The lowest BCUT2D eigenvalue weighted by atomic mass is 9.87. The minimum absolute atomic E-state index is 0.0468. The number of benzene rings is 4. The molecule has 6 nitrogen and oxygen atoms in total. The van der Waals surface area contributed by atoms with E-state index in [-0.39, 0.29) is 48.3 Å². The Morgan fingerprint density at radius 3 is 2.30 bits per heavy atom. The van der Waals surface area contributed by atoms with Gasteiger partial charge in [0.2, 0.25) is 0 Å². The molecule has 1 aliphatic rings. The number of carbonyl (C=O) groups excluding carboxylic acids is 2. The van der Waals surface area contributed by atoms with E-state index in [4.69, 9.17) is 18.9 Å². The number of carbonyl (C=O) groups is 2. The maximum atomic E-state index is 14.8. The van der Waals surface area contributed by atoms with E-state index in [1.54, 1.807) is 0 Å². The van der Waals surface area contributed by atoms with Crippen LogP contribution in [-0.4, -0.2) is 25.2 Å². The molecule has 0 N–H and O–H groups in total. The number of rotatable bonds is 9. The number of hydrogen-bond acceptors (Lipinski definition) is 6. The lowest BCUT2D eigenvalue weighted by molar-refractivity contribution is -0.151. The molecule has 40 heavy (non-hydrogen) atoms. The Kier molecular flexibility index (Phi) is 8.59. The van der Waals surface area contributed by atoms with Gasteiger partial charge in [-0.05, 0) is 47.6 Å². The highest BCUT2D eigenvalue weighted by molar-refractivity contribution is 5.93. The zero-order valence-electron chi connectivity index (χ0n) is 22.3. The predicted molar refractivity (Wildman–Crippen MR) is 149 cm³/mol. The van der Waals surface area contributed by atoms with Crippen molar-refractivity contribution >= 4 is 22.7 Å². The van der Waals surface area contributed by atoms with Gasteiger partial charge in [-0.1, -0.05) is 72.8 Å². The summed E-state index contributed by atoms with van der Waals surface area (Å²) in [6.07, 6.45) is 1.98. The van der Waals surface area contributed by atoms with Crippen LogP contribution in [0, 0.1) is 11.7 Å². The summed E-state index contributed by atoms with van der Waals surface area (Å²) >= 11 is 0. The van der Waals surface area contributed by atoms with Gasteiger partial charge >= 0.3 is 11.9 Å². The third kappa shape index (κ3) is 6.42. The van der Waals surface area contributed by atoms with Crippen LogP contribution in [0.25, 0.3) is 10.8 Å². The summed E-state index contributed by atoms with van der Waals surface area (Å²) in [6.45, 7) is 0.299. The molecule has 7 heteroatoms. The first-order valence-electron chi connectivity index (χ1n) is 13.4. The van der Waals surface area contributed by atoms with Gasteiger partial charge in [-0.25, -0.2) is 9.18 Å². The fraction of sp³-hybridized carbons (Fsp3) is 0.273. The zero-order chi connectivity index (χ0) is 27.9. The van der Waals surface area contributed by atoms with Gasteiger partial charge in [0.1, 0.15) is 24.5 Å². The lowest BCUT2D eigenvalue weighted by Crippen LogP contribution is -2.29. The molecular weight excluding hydrogens is 511 g/mol. The van der Waals surface area contributed by atoms with E-state index < -0.39 is 11.8 Å². The molecule has 0 heterocycles. The smallest absolute Gasteiger partial charge is 0.342 e. The van der Waals surface area contributed by atoms with Crippen LogP contribution >= 0.6 is 0 Å². The van der Waals surface area contributed by atoms with Crippen molar-refractivity contribution in [2.75, 3.05) is 7.11 Å². The van der Waals surface area contributed by atoms with Crippen LogP contribution in [0.4, 0.5) is 4.39 Å². The summed E-state index contributed by atoms with van der Waals surface area (Å²) in [5.41, 5.74) is 1.89. The Balaban J connectivity index is 1.16. The second-order valence-corrected chi connectivity index (χ2v) is 9.88. The maximum Gasteiger partial charge on any atom is 0.342 e. The van der Waals surface area contributed by atoms with Gasteiger partial charge in [0.05, 0.1) is 19.1 Å². The molecule has 0 bridgehead atoms. The highest BCUT2D eigenvalue weighted by Crippen LogP contribution is 2.33. The van der Waals surface area contributed by atoms with E-state index in [9.17, 15) is 14.0 Å². The molecular formula is C33H31FO6. The monoisotopic (exact) mass is 542 g/mol. The largest absolute Gasteiger partial charge is 0.496 e. The molecule has 0 amide bonds. The first-order valence-corrected chi connectivity index (χ1v) is 13.4. The molecule has 1 saturated carbocycles. The van der Waals surface area contributed by atoms with Crippen molar-refractivity contribution in [3.8, 4) is 11.5 Å². The molecule has 4 aromatic carbocycles. The van der Waals surface area contributed by atoms with Crippen LogP contribution in [0.1, 0.15) is 47.2 Å². The van der Waals surface area contributed by atoms with Crippen LogP contribution in [-0.2, 0) is 27.5 Å². The van der Waals surface area contributed by atoms with Crippen molar-refractivity contribution in [2.45, 2.75) is 45.0 Å². The molecule has 206 valence electrons. The van der Waals surface area contributed by atoms with Crippen molar-refractivity contribution in [1.82, 2.24) is 0 Å². The third-order valence-electron chi connectivity index (χ3n) is 7.24. The van der Waals surface area contributed by atoms with Gasteiger partial charge in [-0.3, -0.25) is 4.79 Å². The van der Waals surface area contributed by atoms with Gasteiger partial charge < -0.3 is 18.9 Å². The maximum absolute atomic E-state index is 14.8. The molecule has 0 aromatic heterocycles. The standard InChI is InChI=1S/C33H31FO6/c1-37-30-19-29(34)31(18-28(30)33(36)38-20-22-8-3-2-4-9-22)40-26-16-14-24(15-17-26)32(35)39-21-25-12-7-11-23-10-5-6-13-27(23)25/h2-13,18-19,24,26H,14-17,20-21H2,1H3. The Morgan fingerprint density at radius 1 is 0.800 bits per heavy atom. The molecule has 4 aromatic rings. The van der Waals surface area contributed by atoms with E-state index >= 15 is 0 Å². The number of methoxy groups -OCH3 is 1. The SMILES string of the molecule is COc1cc(F)c(OC2CCC(C(=O)OCc3cccc4ccccc34)CC2)cc1C(=O)OCc1ccccc1. The summed E-state index contributed by atoms with van der Waals surface area (Å²) in [6, 6.07) is 25.7. The topological polar surface area (TPSA) is 71.1 Å². The molecule has 0 spiro atoms. The highest BCUT2D eigenvalue weighted by atomic mass is 19.1. The number of esters is 2. The zero-order valence-corrected chi connectivity index (χ0v) is 22.3. The molecule has 0 radical (unpaired) electrons. The van der Waals surface area contributed by atoms with Crippen molar-refractivity contribution in [1.29, 1.82) is 0 Å². The number of hydrogen-bond donors (Lipinski definition) is 0. The van der Waals surface area contributed by atoms with Crippen LogP contribution in [0.15, 0.2) is 84.9 Å². The van der Waals surface area contributed by atoms with Gasteiger partial charge in [0.25, 0.3) is 0 Å². The molecule has 1 fully saturated rings. The van der Waals surface area contributed by atoms with Crippen molar-refractivity contribution in [3.05, 3.63) is 107 Å². The lowest BCUT2D eigenvalue weighted by Gasteiger charge is -2.28. The summed E-state index contributed by atoms with van der Waals surface area (Å²) in [4.78, 5) is 25.6. The summed E-state index contributed by atoms with van der Waals surface area (Å²) in [7, 11) is 1.36. The Hall–Kier alpha value is -4.39. The number of fused-ring (bicyclic) bond motifs is 1. The van der Waals surface area contributed by atoms with Crippen molar-refractivity contribution in [3.63, 3.8) is 0 Å². The van der Waals surface area contributed by atoms with Gasteiger partial charge in [0, 0.05) is 12.1 Å². The first-order chi connectivity index (χ1) is 19.5. The Labute approximate surface area is 232 Å². The quantitative estimate of drug-likeness (QED) is 0.212. The van der Waals surface area contributed by atoms with Crippen molar-refractivity contribution in [2.24, 2.45) is 5.92 Å². The fourth-order valence-electron chi connectivity index (χ4n) is 5.04. The molecule has 0 saturated heterocycles. The molecule has 5 rings (SSSR count). The van der Waals surface area contributed by atoms with E-state index in [1.807, 2.05) is 72.8 Å². The van der Waals surface area contributed by atoms with Gasteiger partial charge in [0.15, 0.2) is 11.6 Å². The summed E-state index contributed by atoms with van der Waals surface area (Å²) in [5, 5.41) is 2.17. The first kappa shape index (κ1) is 27.2. The fourth-order valence-corrected chi connectivity index (χ4v) is 5.04. The minimum Gasteiger partial charge on any atom is -0.496 e. The van der Waals surface area contributed by atoms with Crippen LogP contribution in [0.3, 0.4) is 0 Å². The van der Waals surface area contributed by atoms with Gasteiger partial charge in [-0.2, -0.15) is 0 Å². The van der Waals surface area contributed by atoms with Crippen LogP contribution < -0.4 is 9.47 Å². The van der Waals surface area contributed by atoms with Crippen LogP contribution in [0.2, 0.25) is 0 Å².